The first kappa shape index (κ1) is 13.7. The molecular weight excluding hydrogens is 264 g/mol. The molecule has 2 aromatic heterocycles. The standard InChI is InChI=1S/C13H18N2OS2/c1-13(2,5-6-16)14-8-10-9-18-12(15-10)11-4-3-7-17-11/h3-4,7,9,14,16H,5-6,8H2,1-2H3. The van der Waals surface area contributed by atoms with E-state index < -0.39 is 0 Å². The van der Waals surface area contributed by atoms with Crippen LogP contribution in [0.25, 0.3) is 9.88 Å². The molecule has 0 saturated heterocycles. The van der Waals surface area contributed by atoms with Crippen LogP contribution in [0.15, 0.2) is 22.9 Å². The monoisotopic (exact) mass is 282 g/mol. The van der Waals surface area contributed by atoms with Gasteiger partial charge in [0.05, 0.1) is 10.6 Å². The molecule has 0 radical (unpaired) electrons. The minimum absolute atomic E-state index is 0.0541. The second-order valence-electron chi connectivity index (χ2n) is 4.83. The van der Waals surface area contributed by atoms with Crippen molar-refractivity contribution in [1.29, 1.82) is 0 Å². The summed E-state index contributed by atoms with van der Waals surface area (Å²) in [7, 11) is 0. The first-order chi connectivity index (χ1) is 8.61. The molecule has 18 heavy (non-hydrogen) atoms. The van der Waals surface area contributed by atoms with Gasteiger partial charge in [0.2, 0.25) is 0 Å². The van der Waals surface area contributed by atoms with Crippen LogP contribution in [0.2, 0.25) is 0 Å². The topological polar surface area (TPSA) is 45.1 Å². The number of thiophene rings is 1. The Kier molecular flexibility index (Phi) is 4.50. The largest absolute Gasteiger partial charge is 0.396 e. The van der Waals surface area contributed by atoms with Crippen molar-refractivity contribution < 1.29 is 5.11 Å². The number of rotatable bonds is 6. The lowest BCUT2D eigenvalue weighted by Gasteiger charge is -2.24. The minimum atomic E-state index is -0.0541. The average molecular weight is 282 g/mol. The lowest BCUT2D eigenvalue weighted by molar-refractivity contribution is 0.229. The van der Waals surface area contributed by atoms with Gasteiger partial charge >= 0.3 is 0 Å². The molecule has 0 atom stereocenters. The smallest absolute Gasteiger partial charge is 0.133 e. The van der Waals surface area contributed by atoms with E-state index in [1.807, 2.05) is 6.07 Å². The van der Waals surface area contributed by atoms with E-state index in [0.717, 1.165) is 23.7 Å². The Bertz CT molecular complexity index is 477. The number of nitrogens with one attached hydrogen (secondary N) is 1. The molecular formula is C13H18N2OS2. The van der Waals surface area contributed by atoms with Crippen LogP contribution in [0.5, 0.6) is 0 Å². The lowest BCUT2D eigenvalue weighted by Crippen LogP contribution is -2.39. The summed E-state index contributed by atoms with van der Waals surface area (Å²) in [4.78, 5) is 5.84. The predicted octanol–water partition coefficient (Wildman–Crippen LogP) is 3.12. The van der Waals surface area contributed by atoms with Crippen molar-refractivity contribution in [3.05, 3.63) is 28.6 Å². The summed E-state index contributed by atoms with van der Waals surface area (Å²) in [5.41, 5.74) is 1.01. The van der Waals surface area contributed by atoms with E-state index in [2.05, 4.69) is 41.0 Å². The molecule has 3 nitrogen and oxygen atoms in total. The fourth-order valence-corrected chi connectivity index (χ4v) is 3.23. The maximum atomic E-state index is 8.98. The molecule has 98 valence electrons. The summed E-state index contributed by atoms with van der Waals surface area (Å²) in [5.74, 6) is 0. The van der Waals surface area contributed by atoms with E-state index in [1.165, 1.54) is 4.88 Å². The molecule has 0 aliphatic heterocycles. The van der Waals surface area contributed by atoms with E-state index in [1.54, 1.807) is 22.7 Å². The zero-order chi connectivity index (χ0) is 13.0. The molecule has 2 rings (SSSR count). The molecule has 0 unspecified atom stereocenters. The molecule has 0 bridgehead atoms. The van der Waals surface area contributed by atoms with Crippen molar-refractivity contribution in [3.63, 3.8) is 0 Å². The number of aliphatic hydroxyl groups is 1. The lowest BCUT2D eigenvalue weighted by atomic mass is 10.0. The molecule has 0 amide bonds. The second kappa shape index (κ2) is 5.93. The van der Waals surface area contributed by atoms with E-state index in [0.29, 0.717) is 0 Å². The Morgan fingerprint density at radius 3 is 2.89 bits per heavy atom. The average Bonchev–Trinajstić information content (AvgIpc) is 2.97. The third kappa shape index (κ3) is 3.62. The van der Waals surface area contributed by atoms with Crippen LogP contribution < -0.4 is 5.32 Å². The number of hydrogen-bond acceptors (Lipinski definition) is 5. The molecule has 0 aliphatic rings. The Balaban J connectivity index is 1.95. The second-order valence-corrected chi connectivity index (χ2v) is 6.64. The predicted molar refractivity (Wildman–Crippen MR) is 78.0 cm³/mol. The van der Waals surface area contributed by atoms with Gasteiger partial charge in [-0.3, -0.25) is 0 Å². The number of thiazole rings is 1. The van der Waals surface area contributed by atoms with Crippen molar-refractivity contribution in [2.24, 2.45) is 0 Å². The third-order valence-corrected chi connectivity index (χ3v) is 4.70. The van der Waals surface area contributed by atoms with Crippen molar-refractivity contribution in [1.82, 2.24) is 10.3 Å². The van der Waals surface area contributed by atoms with Crippen LogP contribution in [-0.4, -0.2) is 22.2 Å². The van der Waals surface area contributed by atoms with E-state index in [-0.39, 0.29) is 12.1 Å². The highest BCUT2D eigenvalue weighted by Crippen LogP contribution is 2.27. The first-order valence-electron chi connectivity index (χ1n) is 5.95. The SMILES string of the molecule is CC(C)(CCO)NCc1csc(-c2cccs2)n1. The van der Waals surface area contributed by atoms with Gasteiger partial charge < -0.3 is 10.4 Å². The number of hydrogen-bond donors (Lipinski definition) is 2. The summed E-state index contributed by atoms with van der Waals surface area (Å²) in [6.45, 7) is 5.14. The van der Waals surface area contributed by atoms with Gasteiger partial charge in [-0.15, -0.1) is 22.7 Å². The Labute approximate surface area is 116 Å². The number of aromatic nitrogens is 1. The Hall–Kier alpha value is -0.750. The third-order valence-electron chi connectivity index (χ3n) is 2.77. The highest BCUT2D eigenvalue weighted by molar-refractivity contribution is 7.20. The van der Waals surface area contributed by atoms with Gasteiger partial charge in [0.15, 0.2) is 0 Å². The Morgan fingerprint density at radius 1 is 1.39 bits per heavy atom. The highest BCUT2D eigenvalue weighted by atomic mass is 32.1. The van der Waals surface area contributed by atoms with Crippen LogP contribution in [-0.2, 0) is 6.54 Å². The molecule has 2 heterocycles. The molecule has 2 N–H and O–H groups in total. The summed E-state index contributed by atoms with van der Waals surface area (Å²) >= 11 is 3.40. The summed E-state index contributed by atoms with van der Waals surface area (Å²) < 4.78 is 0. The van der Waals surface area contributed by atoms with Crippen LogP contribution in [0, 0.1) is 0 Å². The molecule has 0 fully saturated rings. The molecule has 0 saturated carbocycles. The minimum Gasteiger partial charge on any atom is -0.396 e. The molecule has 0 aromatic carbocycles. The zero-order valence-electron chi connectivity index (χ0n) is 10.6. The van der Waals surface area contributed by atoms with Crippen molar-refractivity contribution in [2.45, 2.75) is 32.4 Å². The van der Waals surface area contributed by atoms with Crippen LogP contribution in [0.3, 0.4) is 0 Å². The van der Waals surface area contributed by atoms with Gasteiger partial charge in [0, 0.05) is 24.1 Å². The first-order valence-corrected chi connectivity index (χ1v) is 7.71. The molecule has 0 spiro atoms. The zero-order valence-corrected chi connectivity index (χ0v) is 12.3. The number of nitrogens with zero attached hydrogens (tertiary/aromatic N) is 1. The molecule has 5 heteroatoms. The Morgan fingerprint density at radius 2 is 2.22 bits per heavy atom. The summed E-state index contributed by atoms with van der Waals surface area (Å²) in [6.07, 6.45) is 0.745. The van der Waals surface area contributed by atoms with Gasteiger partial charge in [-0.25, -0.2) is 4.98 Å². The summed E-state index contributed by atoms with van der Waals surface area (Å²) in [6, 6.07) is 4.14. The van der Waals surface area contributed by atoms with Gasteiger partial charge in [-0.2, -0.15) is 0 Å². The van der Waals surface area contributed by atoms with Crippen LogP contribution >= 0.6 is 22.7 Å². The molecule has 2 aromatic rings. The van der Waals surface area contributed by atoms with Gasteiger partial charge in [-0.05, 0) is 31.7 Å². The van der Waals surface area contributed by atoms with Crippen molar-refractivity contribution >= 4 is 22.7 Å². The number of aliphatic hydroxyl groups excluding tert-OH is 1. The maximum Gasteiger partial charge on any atom is 0.133 e. The molecule has 0 aliphatic carbocycles. The van der Waals surface area contributed by atoms with Crippen LogP contribution in [0.1, 0.15) is 26.0 Å². The van der Waals surface area contributed by atoms with Gasteiger partial charge in [0.1, 0.15) is 5.01 Å². The summed E-state index contributed by atoms with van der Waals surface area (Å²) in [5, 5.41) is 17.6. The van der Waals surface area contributed by atoms with Gasteiger partial charge in [0.25, 0.3) is 0 Å². The van der Waals surface area contributed by atoms with Crippen LogP contribution in [0.4, 0.5) is 0 Å². The van der Waals surface area contributed by atoms with E-state index >= 15 is 0 Å². The fraction of sp³-hybridized carbons (Fsp3) is 0.462. The normalized spacial score (nSPS) is 11.9. The van der Waals surface area contributed by atoms with Gasteiger partial charge in [-0.1, -0.05) is 6.07 Å². The fourth-order valence-electron chi connectivity index (χ4n) is 1.60. The highest BCUT2D eigenvalue weighted by Gasteiger charge is 2.16. The van der Waals surface area contributed by atoms with Crippen molar-refractivity contribution in [2.75, 3.05) is 6.61 Å². The maximum absolute atomic E-state index is 8.98. The van der Waals surface area contributed by atoms with Crippen molar-refractivity contribution in [3.8, 4) is 9.88 Å². The van der Waals surface area contributed by atoms with E-state index in [9.17, 15) is 0 Å². The van der Waals surface area contributed by atoms with E-state index in [4.69, 9.17) is 5.11 Å². The quantitative estimate of drug-likeness (QED) is 0.855.